The van der Waals surface area contributed by atoms with Crippen molar-refractivity contribution >= 4 is 13.7 Å². The summed E-state index contributed by atoms with van der Waals surface area (Å²) in [7, 11) is 1.19. The minimum atomic E-state index is -4.63. The Labute approximate surface area is 419 Å². The summed E-state index contributed by atoms with van der Waals surface area (Å²) in [5, 5.41) is 13.8. The predicted octanol–water partition coefficient (Wildman–Crippen LogP) is 16.0. The van der Waals surface area contributed by atoms with Crippen LogP contribution < -0.4 is 10.2 Å². The van der Waals surface area contributed by atoms with Gasteiger partial charge in [0.15, 0.2) is 0 Å². The first kappa shape index (κ1) is 65.4. The maximum Gasteiger partial charge on any atom is 0.268 e. The lowest BCUT2D eigenvalue weighted by Gasteiger charge is -2.29. The molecule has 392 valence electrons. The number of hydrogen-bond donors (Lipinski definition) is 2. The van der Waals surface area contributed by atoms with Gasteiger partial charge in [-0.2, -0.15) is 0 Å². The molecular weight excluding hydrogens is 864 g/mol. The number of quaternary nitrogens is 1. The number of amides is 1. The molecule has 0 rings (SSSR count). The highest BCUT2D eigenvalue weighted by molar-refractivity contribution is 7.45. The van der Waals surface area contributed by atoms with Gasteiger partial charge in [-0.25, -0.2) is 0 Å². The van der Waals surface area contributed by atoms with Crippen molar-refractivity contribution < 1.29 is 32.9 Å². The minimum absolute atomic E-state index is 0.0248. The smallest absolute Gasteiger partial charge is 0.268 e. The van der Waals surface area contributed by atoms with Crippen molar-refractivity contribution in [2.45, 2.75) is 231 Å². The van der Waals surface area contributed by atoms with Crippen molar-refractivity contribution in [3.8, 4) is 0 Å². The van der Waals surface area contributed by atoms with Gasteiger partial charge in [0.25, 0.3) is 7.82 Å². The minimum Gasteiger partial charge on any atom is -0.756 e. The van der Waals surface area contributed by atoms with Gasteiger partial charge in [0.05, 0.1) is 39.9 Å². The van der Waals surface area contributed by atoms with Crippen LogP contribution in [0.2, 0.25) is 0 Å². The number of phosphoric acid groups is 1. The number of likely N-dealkylation sites (N-methyl/N-ethyl adjacent to an activating group) is 1. The topological polar surface area (TPSA) is 108 Å². The Morgan fingerprint density at radius 2 is 0.912 bits per heavy atom. The first-order chi connectivity index (χ1) is 33.0. The molecule has 0 bridgehead atoms. The van der Waals surface area contributed by atoms with Crippen LogP contribution in [-0.4, -0.2) is 68.5 Å². The Kier molecular flexibility index (Phi) is 47.5. The second-order valence-corrected chi connectivity index (χ2v) is 20.9. The molecule has 0 heterocycles. The molecule has 3 atom stereocenters. The lowest BCUT2D eigenvalue weighted by molar-refractivity contribution is -0.870. The standard InChI is InChI=1S/C59H105N2O6P/c1-6-8-10-12-14-16-18-20-22-24-25-26-27-28-29-30-31-32-33-34-35-37-38-40-42-44-46-48-50-52-58(62)57(56-67-68(64,65)66-55-54-61(3,4)5)60-59(63)53-51-49-47-45-43-41-39-36-23-21-19-17-15-13-11-9-7-2/h9,11,15,17,21,23,35,37,39,41-42,44-45,47,50,52,57-58,62H,6-8,10,12-14,16,18-20,22,24-34,36,38,40,43,46,48-49,51,53-56H2,1-5H3,(H-,60,63,64,65)/b11-9-,17-15-,23-21-,37-35+,41-39-,44-42+,47-45-,52-50+. The van der Waals surface area contributed by atoms with Gasteiger partial charge in [-0.3, -0.25) is 9.36 Å². The molecule has 0 saturated carbocycles. The van der Waals surface area contributed by atoms with E-state index in [-0.39, 0.29) is 18.9 Å². The van der Waals surface area contributed by atoms with Gasteiger partial charge in [-0.05, 0) is 83.5 Å². The van der Waals surface area contributed by atoms with Gasteiger partial charge in [0, 0.05) is 6.42 Å². The van der Waals surface area contributed by atoms with Gasteiger partial charge in [-0.15, -0.1) is 0 Å². The van der Waals surface area contributed by atoms with Crippen LogP contribution in [-0.2, 0) is 18.4 Å². The molecule has 0 aliphatic heterocycles. The molecule has 0 fully saturated rings. The molecule has 9 heteroatoms. The molecule has 0 aromatic rings. The number of rotatable bonds is 49. The van der Waals surface area contributed by atoms with E-state index in [1.807, 2.05) is 27.2 Å². The second kappa shape index (κ2) is 49.4. The second-order valence-electron chi connectivity index (χ2n) is 19.5. The molecule has 0 aromatic carbocycles. The third-order valence-corrected chi connectivity index (χ3v) is 12.7. The molecule has 0 aliphatic rings. The summed E-state index contributed by atoms with van der Waals surface area (Å²) >= 11 is 0. The van der Waals surface area contributed by atoms with E-state index in [1.54, 1.807) is 6.08 Å². The SMILES string of the molecule is CC/C=C\C/C=C\C/C=C\C/C=C\C/C=C\CCCC(=O)NC(COP(=O)([O-])OCC[N+](C)(C)C)C(O)/C=C/CC/C=C/CC/C=C/CCCCCCCCCCCCCCCCCCCCC. The molecule has 8 nitrogen and oxygen atoms in total. The highest BCUT2D eigenvalue weighted by Gasteiger charge is 2.23. The largest absolute Gasteiger partial charge is 0.756 e. The predicted molar refractivity (Wildman–Crippen MR) is 293 cm³/mol. The van der Waals surface area contributed by atoms with Crippen molar-refractivity contribution in [1.82, 2.24) is 5.32 Å². The summed E-state index contributed by atoms with van der Waals surface area (Å²) in [6.45, 7) is 4.46. The number of aliphatic hydroxyl groups excluding tert-OH is 1. The lowest BCUT2D eigenvalue weighted by atomic mass is 10.0. The van der Waals surface area contributed by atoms with Crippen molar-refractivity contribution in [1.29, 1.82) is 0 Å². The molecule has 0 aromatic heterocycles. The van der Waals surface area contributed by atoms with E-state index < -0.39 is 26.6 Å². The first-order valence-electron chi connectivity index (χ1n) is 27.6. The van der Waals surface area contributed by atoms with Crippen LogP contribution >= 0.6 is 7.82 Å². The van der Waals surface area contributed by atoms with Crippen LogP contribution in [0.25, 0.3) is 0 Å². The Morgan fingerprint density at radius 3 is 1.37 bits per heavy atom. The van der Waals surface area contributed by atoms with Crippen LogP contribution in [0.4, 0.5) is 0 Å². The van der Waals surface area contributed by atoms with E-state index in [0.29, 0.717) is 23.9 Å². The van der Waals surface area contributed by atoms with Gasteiger partial charge in [0.2, 0.25) is 5.91 Å². The van der Waals surface area contributed by atoms with Crippen LogP contribution in [0.1, 0.15) is 219 Å². The summed E-state index contributed by atoms with van der Waals surface area (Å²) in [5.74, 6) is -0.271. The Bertz CT molecular complexity index is 1420. The number of aliphatic hydroxyl groups is 1. The van der Waals surface area contributed by atoms with Crippen molar-refractivity contribution in [2.75, 3.05) is 40.9 Å². The molecular formula is C59H105N2O6P. The quantitative estimate of drug-likeness (QED) is 0.0272. The molecule has 0 aliphatic carbocycles. The van der Waals surface area contributed by atoms with Gasteiger partial charge in [0.1, 0.15) is 13.2 Å². The van der Waals surface area contributed by atoms with E-state index in [2.05, 4.69) is 104 Å². The summed E-state index contributed by atoms with van der Waals surface area (Å²) in [6, 6.07) is -0.946. The van der Waals surface area contributed by atoms with Gasteiger partial charge in [-0.1, -0.05) is 227 Å². The first-order valence-corrected chi connectivity index (χ1v) is 29.1. The summed E-state index contributed by atoms with van der Waals surface area (Å²) < 4.78 is 23.2. The lowest BCUT2D eigenvalue weighted by Crippen LogP contribution is -2.45. The van der Waals surface area contributed by atoms with Crippen molar-refractivity contribution in [3.63, 3.8) is 0 Å². The Balaban J connectivity index is 4.35. The molecule has 1 amide bonds. The fourth-order valence-electron chi connectivity index (χ4n) is 7.46. The average molecular weight is 969 g/mol. The van der Waals surface area contributed by atoms with Crippen LogP contribution in [0.15, 0.2) is 97.2 Å². The molecule has 3 unspecified atom stereocenters. The van der Waals surface area contributed by atoms with Gasteiger partial charge < -0.3 is 28.8 Å². The Morgan fingerprint density at radius 1 is 0.529 bits per heavy atom. The number of nitrogens with zero attached hydrogens (tertiary/aromatic N) is 1. The number of unbranched alkanes of at least 4 members (excludes halogenated alkanes) is 22. The summed E-state index contributed by atoms with van der Waals surface area (Å²) in [6.07, 6.45) is 70.8. The zero-order valence-corrected chi connectivity index (χ0v) is 45.4. The molecule has 0 saturated heterocycles. The van der Waals surface area contributed by atoms with E-state index >= 15 is 0 Å². The number of carbonyl (C=O) groups excluding carboxylic acids is 1. The van der Waals surface area contributed by atoms with Crippen LogP contribution in [0.3, 0.4) is 0 Å². The number of nitrogens with one attached hydrogen (secondary N) is 1. The van der Waals surface area contributed by atoms with Gasteiger partial charge >= 0.3 is 0 Å². The molecule has 0 radical (unpaired) electrons. The summed E-state index contributed by atoms with van der Waals surface area (Å²) in [4.78, 5) is 25.4. The zero-order valence-electron chi connectivity index (χ0n) is 44.5. The number of allylic oxidation sites excluding steroid dienone is 15. The van der Waals surface area contributed by atoms with Crippen molar-refractivity contribution in [2.24, 2.45) is 0 Å². The highest BCUT2D eigenvalue weighted by Crippen LogP contribution is 2.38. The van der Waals surface area contributed by atoms with Crippen LogP contribution in [0, 0.1) is 0 Å². The molecule has 68 heavy (non-hydrogen) atoms. The number of hydrogen-bond acceptors (Lipinski definition) is 6. The maximum atomic E-state index is 12.9. The number of phosphoric ester groups is 1. The van der Waals surface area contributed by atoms with Crippen molar-refractivity contribution in [3.05, 3.63) is 97.2 Å². The summed E-state index contributed by atoms with van der Waals surface area (Å²) in [5.41, 5.74) is 0. The third kappa shape index (κ3) is 51.3. The average Bonchev–Trinajstić information content (AvgIpc) is 3.30. The molecule has 0 spiro atoms. The van der Waals surface area contributed by atoms with E-state index in [9.17, 15) is 19.4 Å². The third-order valence-electron chi connectivity index (χ3n) is 11.8. The number of carbonyl (C=O) groups is 1. The molecule has 2 N–H and O–H groups in total. The fraction of sp³-hybridized carbons (Fsp3) is 0.712. The fourth-order valence-corrected chi connectivity index (χ4v) is 8.18. The van der Waals surface area contributed by atoms with Crippen LogP contribution in [0.5, 0.6) is 0 Å². The normalized spacial score (nSPS) is 14.8. The monoisotopic (exact) mass is 969 g/mol. The maximum absolute atomic E-state index is 12.9. The zero-order chi connectivity index (χ0) is 49.9. The Hall–Kier alpha value is -2.58. The highest BCUT2D eigenvalue weighted by atomic mass is 31.2. The van der Waals surface area contributed by atoms with E-state index in [0.717, 1.165) is 57.8 Å². The van der Waals surface area contributed by atoms with E-state index in [1.165, 1.54) is 128 Å². The van der Waals surface area contributed by atoms with E-state index in [4.69, 9.17) is 9.05 Å².